The van der Waals surface area contributed by atoms with E-state index in [1.54, 1.807) is 12.1 Å². The summed E-state index contributed by atoms with van der Waals surface area (Å²) >= 11 is 0. The molecule has 2 aromatic rings. The fraction of sp³-hybridized carbons (Fsp3) is 0.333. The first-order chi connectivity index (χ1) is 12.5. The van der Waals surface area contributed by atoms with Gasteiger partial charge in [-0.3, -0.25) is 4.79 Å². The topological polar surface area (TPSA) is 58.6 Å². The number of nitrogens with zero attached hydrogens (tertiary/aromatic N) is 1. The van der Waals surface area contributed by atoms with E-state index in [-0.39, 0.29) is 18.6 Å². The first-order valence-corrected chi connectivity index (χ1v) is 8.80. The number of esters is 1. The lowest BCUT2D eigenvalue weighted by Gasteiger charge is -2.18. The Kier molecular flexibility index (Phi) is 7.21. The summed E-state index contributed by atoms with van der Waals surface area (Å²) in [4.78, 5) is 26.2. The van der Waals surface area contributed by atoms with Gasteiger partial charge in [0, 0.05) is 19.8 Å². The second-order valence-electron chi connectivity index (χ2n) is 6.34. The van der Waals surface area contributed by atoms with E-state index >= 15 is 0 Å². The van der Waals surface area contributed by atoms with Crippen molar-refractivity contribution in [2.75, 3.05) is 25.6 Å². The average molecular weight is 354 g/mol. The third kappa shape index (κ3) is 5.62. The Morgan fingerprint density at radius 2 is 1.69 bits per heavy atom. The number of amides is 1. The van der Waals surface area contributed by atoms with Crippen molar-refractivity contribution in [2.45, 2.75) is 25.8 Å². The monoisotopic (exact) mass is 354 g/mol. The molecular formula is C21H26N2O3. The number of anilines is 1. The van der Waals surface area contributed by atoms with Gasteiger partial charge in [-0.15, -0.1) is 0 Å². The van der Waals surface area contributed by atoms with Crippen molar-refractivity contribution in [3.05, 3.63) is 65.7 Å². The van der Waals surface area contributed by atoms with Crippen molar-refractivity contribution in [1.82, 2.24) is 5.32 Å². The molecule has 0 bridgehead atoms. The molecule has 0 saturated carbocycles. The van der Waals surface area contributed by atoms with E-state index in [1.807, 2.05) is 61.5 Å². The maximum Gasteiger partial charge on any atom is 0.338 e. The second kappa shape index (κ2) is 9.61. The van der Waals surface area contributed by atoms with Gasteiger partial charge in [-0.1, -0.05) is 43.7 Å². The van der Waals surface area contributed by atoms with Crippen LogP contribution in [0.25, 0.3) is 0 Å². The summed E-state index contributed by atoms with van der Waals surface area (Å²) < 4.78 is 5.14. The largest absolute Gasteiger partial charge is 0.452 e. The third-order valence-corrected chi connectivity index (χ3v) is 4.07. The van der Waals surface area contributed by atoms with Gasteiger partial charge in [0.15, 0.2) is 6.61 Å². The molecule has 138 valence electrons. The van der Waals surface area contributed by atoms with Gasteiger partial charge in [-0.05, 0) is 36.2 Å². The Morgan fingerprint density at radius 3 is 2.27 bits per heavy atom. The Morgan fingerprint density at radius 1 is 1.04 bits per heavy atom. The number of hydrogen-bond acceptors (Lipinski definition) is 4. The molecule has 0 radical (unpaired) electrons. The van der Waals surface area contributed by atoms with Crippen molar-refractivity contribution < 1.29 is 14.3 Å². The molecule has 5 heteroatoms. The molecule has 0 fully saturated rings. The average Bonchev–Trinajstić information content (AvgIpc) is 2.66. The molecule has 1 atom stereocenters. The summed E-state index contributed by atoms with van der Waals surface area (Å²) in [6.07, 6.45) is 1.77. The van der Waals surface area contributed by atoms with E-state index in [9.17, 15) is 9.59 Å². The molecule has 2 rings (SSSR count). The lowest BCUT2D eigenvalue weighted by molar-refractivity contribution is -0.125. The molecule has 5 nitrogen and oxygen atoms in total. The van der Waals surface area contributed by atoms with Gasteiger partial charge in [-0.2, -0.15) is 0 Å². The third-order valence-electron chi connectivity index (χ3n) is 4.07. The first-order valence-electron chi connectivity index (χ1n) is 8.80. The van der Waals surface area contributed by atoms with Crippen LogP contribution in [-0.2, 0) is 9.53 Å². The highest BCUT2D eigenvalue weighted by Gasteiger charge is 2.15. The predicted molar refractivity (Wildman–Crippen MR) is 103 cm³/mol. The van der Waals surface area contributed by atoms with E-state index in [4.69, 9.17) is 4.74 Å². The number of hydrogen-bond donors (Lipinski definition) is 1. The lowest BCUT2D eigenvalue weighted by Crippen LogP contribution is -2.32. The molecule has 0 aliphatic rings. The molecule has 2 aromatic carbocycles. The minimum atomic E-state index is -0.503. The van der Waals surface area contributed by atoms with E-state index in [0.29, 0.717) is 5.56 Å². The first kappa shape index (κ1) is 19.5. The zero-order valence-electron chi connectivity index (χ0n) is 15.6. The van der Waals surface area contributed by atoms with E-state index in [1.165, 1.54) is 0 Å². The number of nitrogens with one attached hydrogen (secondary N) is 1. The van der Waals surface area contributed by atoms with Crippen molar-refractivity contribution >= 4 is 17.6 Å². The van der Waals surface area contributed by atoms with Crippen LogP contribution in [0.5, 0.6) is 0 Å². The highest BCUT2D eigenvalue weighted by atomic mass is 16.5. The van der Waals surface area contributed by atoms with Crippen LogP contribution in [0.1, 0.15) is 41.7 Å². The molecule has 0 aromatic heterocycles. The zero-order chi connectivity index (χ0) is 18.9. The molecule has 0 spiro atoms. The number of carbonyl (C=O) groups excluding carboxylic acids is 2. The minimum absolute atomic E-state index is 0.0771. The summed E-state index contributed by atoms with van der Waals surface area (Å²) in [7, 11) is 3.86. The smallest absolute Gasteiger partial charge is 0.338 e. The fourth-order valence-electron chi connectivity index (χ4n) is 2.64. The van der Waals surface area contributed by atoms with Crippen molar-refractivity contribution in [2.24, 2.45) is 0 Å². The summed E-state index contributed by atoms with van der Waals surface area (Å²) in [5.41, 5.74) is 2.47. The molecule has 0 unspecified atom stereocenters. The Bertz CT molecular complexity index is 712. The molecule has 0 aliphatic heterocycles. The van der Waals surface area contributed by atoms with Gasteiger partial charge in [0.25, 0.3) is 5.91 Å². The quantitative estimate of drug-likeness (QED) is 0.736. The van der Waals surface area contributed by atoms with Crippen LogP contribution in [0.4, 0.5) is 5.69 Å². The van der Waals surface area contributed by atoms with Gasteiger partial charge in [0.1, 0.15) is 0 Å². The lowest BCUT2D eigenvalue weighted by atomic mass is 10.0. The number of benzene rings is 2. The summed E-state index contributed by atoms with van der Waals surface area (Å²) in [6.45, 7) is 1.78. The number of rotatable bonds is 8. The van der Waals surface area contributed by atoms with Crippen molar-refractivity contribution in [1.29, 1.82) is 0 Å². The molecule has 0 aliphatic carbocycles. The normalized spacial score (nSPS) is 11.5. The van der Waals surface area contributed by atoms with Crippen molar-refractivity contribution in [3.63, 3.8) is 0 Å². The fourth-order valence-corrected chi connectivity index (χ4v) is 2.64. The summed E-state index contributed by atoms with van der Waals surface area (Å²) in [5.74, 6) is -0.803. The van der Waals surface area contributed by atoms with Gasteiger partial charge < -0.3 is 15.0 Å². The molecule has 0 saturated heterocycles. The highest BCUT2D eigenvalue weighted by molar-refractivity contribution is 5.91. The van der Waals surface area contributed by atoms with Crippen LogP contribution in [0.2, 0.25) is 0 Å². The molecule has 26 heavy (non-hydrogen) atoms. The highest BCUT2D eigenvalue weighted by Crippen LogP contribution is 2.18. The maximum absolute atomic E-state index is 12.2. The van der Waals surface area contributed by atoms with Crippen LogP contribution >= 0.6 is 0 Å². The Labute approximate surface area is 155 Å². The van der Waals surface area contributed by atoms with Crippen LogP contribution < -0.4 is 10.2 Å². The van der Waals surface area contributed by atoms with Gasteiger partial charge in [0.2, 0.25) is 0 Å². The SMILES string of the molecule is CCC[C@@H](NC(=O)COC(=O)c1ccc(N(C)C)cc1)c1ccccc1. The maximum atomic E-state index is 12.2. The van der Waals surface area contributed by atoms with Crippen LogP contribution in [-0.4, -0.2) is 32.6 Å². The standard InChI is InChI=1S/C21H26N2O3/c1-4-8-19(16-9-6-5-7-10-16)22-20(24)15-26-21(25)17-11-13-18(14-12-17)23(2)3/h5-7,9-14,19H,4,8,15H2,1-3H3,(H,22,24)/t19-/m1/s1. The van der Waals surface area contributed by atoms with Gasteiger partial charge >= 0.3 is 5.97 Å². The summed E-state index contributed by atoms with van der Waals surface area (Å²) in [5, 5.41) is 2.94. The molecule has 1 N–H and O–H groups in total. The van der Waals surface area contributed by atoms with Crippen LogP contribution in [0.15, 0.2) is 54.6 Å². The number of ether oxygens (including phenoxy) is 1. The molecule has 1 amide bonds. The number of carbonyl (C=O) groups is 2. The van der Waals surface area contributed by atoms with Gasteiger partial charge in [0.05, 0.1) is 11.6 Å². The van der Waals surface area contributed by atoms with E-state index in [0.717, 1.165) is 24.1 Å². The Balaban J connectivity index is 1.89. The van der Waals surface area contributed by atoms with Crippen LogP contribution in [0, 0.1) is 0 Å². The van der Waals surface area contributed by atoms with E-state index in [2.05, 4.69) is 12.2 Å². The second-order valence-corrected chi connectivity index (χ2v) is 6.34. The molecular weight excluding hydrogens is 328 g/mol. The zero-order valence-corrected chi connectivity index (χ0v) is 15.6. The Hall–Kier alpha value is -2.82. The minimum Gasteiger partial charge on any atom is -0.452 e. The van der Waals surface area contributed by atoms with E-state index < -0.39 is 5.97 Å². The predicted octanol–water partition coefficient (Wildman–Crippen LogP) is 3.57. The van der Waals surface area contributed by atoms with Crippen molar-refractivity contribution in [3.8, 4) is 0 Å². The van der Waals surface area contributed by atoms with Gasteiger partial charge in [-0.25, -0.2) is 4.79 Å². The molecule has 0 heterocycles. The van der Waals surface area contributed by atoms with Crippen LogP contribution in [0.3, 0.4) is 0 Å². The summed E-state index contributed by atoms with van der Waals surface area (Å²) in [6, 6.07) is 16.8.